The SMILES string of the molecule is Cc1cc(C)nc(SCC2=C(C(=O)OC(C)(C)C)N3C(=O)C(N)[C@@H]3SC2)n1. The molecule has 2 aliphatic rings. The van der Waals surface area contributed by atoms with Crippen molar-refractivity contribution in [2.75, 3.05) is 11.5 Å². The summed E-state index contributed by atoms with van der Waals surface area (Å²) in [6.07, 6.45) is 0. The Bertz CT molecular complexity index is 799. The van der Waals surface area contributed by atoms with Crippen LogP contribution in [-0.4, -0.2) is 55.3 Å². The predicted molar refractivity (Wildman–Crippen MR) is 106 cm³/mol. The second-order valence-electron chi connectivity index (χ2n) is 7.61. The van der Waals surface area contributed by atoms with Crippen LogP contribution in [0.15, 0.2) is 22.5 Å². The maximum Gasteiger partial charge on any atom is 0.355 e. The van der Waals surface area contributed by atoms with Crippen molar-refractivity contribution in [3.8, 4) is 0 Å². The zero-order valence-electron chi connectivity index (χ0n) is 16.1. The fraction of sp³-hybridized carbons (Fsp3) is 0.556. The Kier molecular flexibility index (Phi) is 5.56. The summed E-state index contributed by atoms with van der Waals surface area (Å²) in [5.41, 5.74) is 8.22. The fourth-order valence-electron chi connectivity index (χ4n) is 2.92. The van der Waals surface area contributed by atoms with Crippen molar-refractivity contribution in [2.24, 2.45) is 5.73 Å². The van der Waals surface area contributed by atoms with Gasteiger partial charge in [-0.1, -0.05) is 11.8 Å². The van der Waals surface area contributed by atoms with Crippen LogP contribution in [-0.2, 0) is 14.3 Å². The number of aromatic nitrogens is 2. The van der Waals surface area contributed by atoms with E-state index in [1.807, 2.05) is 40.7 Å². The van der Waals surface area contributed by atoms with Gasteiger partial charge in [-0.2, -0.15) is 0 Å². The zero-order chi connectivity index (χ0) is 19.9. The van der Waals surface area contributed by atoms with Crippen LogP contribution in [0.3, 0.4) is 0 Å². The first-order chi connectivity index (χ1) is 12.6. The topological polar surface area (TPSA) is 98.4 Å². The maximum atomic E-state index is 12.8. The number of β-lactam (4-membered cyclic amide) rings is 1. The molecule has 3 heterocycles. The van der Waals surface area contributed by atoms with E-state index in [-0.39, 0.29) is 11.3 Å². The third-order valence-corrected chi connectivity index (χ3v) is 6.31. The molecule has 3 rings (SSSR count). The van der Waals surface area contributed by atoms with Crippen LogP contribution in [0.2, 0.25) is 0 Å². The van der Waals surface area contributed by atoms with Gasteiger partial charge in [0.05, 0.1) is 0 Å². The van der Waals surface area contributed by atoms with E-state index in [9.17, 15) is 9.59 Å². The number of carbonyl (C=O) groups is 2. The van der Waals surface area contributed by atoms with Gasteiger partial charge in [-0.05, 0) is 46.3 Å². The lowest BCUT2D eigenvalue weighted by Gasteiger charge is -2.48. The summed E-state index contributed by atoms with van der Waals surface area (Å²) in [6.45, 7) is 9.27. The second-order valence-corrected chi connectivity index (χ2v) is 9.66. The molecular formula is C18H24N4O3S2. The Morgan fingerprint density at radius 3 is 2.59 bits per heavy atom. The lowest BCUT2D eigenvalue weighted by atomic mass is 10.0. The van der Waals surface area contributed by atoms with Crippen molar-refractivity contribution in [3.63, 3.8) is 0 Å². The Morgan fingerprint density at radius 2 is 2.00 bits per heavy atom. The molecule has 1 unspecified atom stereocenters. The normalized spacial score (nSPS) is 22.4. The molecule has 0 bridgehead atoms. The molecular weight excluding hydrogens is 384 g/mol. The highest BCUT2D eigenvalue weighted by molar-refractivity contribution is 8.01. The minimum Gasteiger partial charge on any atom is -0.455 e. The van der Waals surface area contributed by atoms with Gasteiger partial charge in [-0.3, -0.25) is 9.69 Å². The maximum absolute atomic E-state index is 12.8. The van der Waals surface area contributed by atoms with Crippen molar-refractivity contribution in [2.45, 2.75) is 56.8 Å². The summed E-state index contributed by atoms with van der Waals surface area (Å²) >= 11 is 3.03. The molecule has 1 saturated heterocycles. The van der Waals surface area contributed by atoms with Gasteiger partial charge < -0.3 is 10.5 Å². The van der Waals surface area contributed by atoms with Gasteiger partial charge in [0.1, 0.15) is 22.7 Å². The van der Waals surface area contributed by atoms with E-state index in [0.717, 1.165) is 17.0 Å². The largest absolute Gasteiger partial charge is 0.455 e. The number of esters is 1. The average Bonchev–Trinajstić information content (AvgIpc) is 2.56. The fourth-order valence-corrected chi connectivity index (χ4v) is 5.30. The summed E-state index contributed by atoms with van der Waals surface area (Å²) in [4.78, 5) is 35.5. The van der Waals surface area contributed by atoms with Gasteiger partial charge in [-0.15, -0.1) is 11.8 Å². The number of hydrogen-bond acceptors (Lipinski definition) is 8. The molecule has 1 amide bonds. The van der Waals surface area contributed by atoms with Crippen LogP contribution in [0.1, 0.15) is 32.2 Å². The van der Waals surface area contributed by atoms with Crippen molar-refractivity contribution >= 4 is 35.4 Å². The molecule has 1 aromatic heterocycles. The minimum absolute atomic E-state index is 0.203. The van der Waals surface area contributed by atoms with E-state index in [4.69, 9.17) is 10.5 Å². The summed E-state index contributed by atoms with van der Waals surface area (Å²) in [6, 6.07) is 1.35. The van der Waals surface area contributed by atoms with E-state index in [1.165, 1.54) is 16.7 Å². The highest BCUT2D eigenvalue weighted by atomic mass is 32.2. The molecule has 0 aliphatic carbocycles. The number of amides is 1. The van der Waals surface area contributed by atoms with Crippen LogP contribution in [0.4, 0.5) is 0 Å². The standard InChI is InChI=1S/C18H24N4O3S2/c1-9-6-10(2)21-17(20-9)27-8-11-7-26-15-12(19)14(23)22(15)13(11)16(24)25-18(3,4)5/h6,12,15H,7-8,19H2,1-5H3/t12?,15-/m0/s1. The predicted octanol–water partition coefficient (Wildman–Crippen LogP) is 2.02. The van der Waals surface area contributed by atoms with Crippen molar-refractivity contribution in [1.29, 1.82) is 0 Å². The Labute approximate surface area is 167 Å². The first-order valence-electron chi connectivity index (χ1n) is 8.67. The molecule has 146 valence electrons. The Morgan fingerprint density at radius 1 is 1.37 bits per heavy atom. The lowest BCUT2D eigenvalue weighted by Crippen LogP contribution is -2.68. The highest BCUT2D eigenvalue weighted by Gasteiger charge is 2.52. The molecule has 9 heteroatoms. The van der Waals surface area contributed by atoms with Crippen LogP contribution in [0.25, 0.3) is 0 Å². The van der Waals surface area contributed by atoms with Crippen LogP contribution < -0.4 is 5.73 Å². The second kappa shape index (κ2) is 7.44. The number of ether oxygens (including phenoxy) is 1. The van der Waals surface area contributed by atoms with Gasteiger partial charge in [0.15, 0.2) is 5.16 Å². The number of nitrogens with two attached hydrogens (primary N) is 1. The zero-order valence-corrected chi connectivity index (χ0v) is 17.7. The monoisotopic (exact) mass is 408 g/mol. The molecule has 7 nitrogen and oxygen atoms in total. The Balaban J connectivity index is 1.87. The summed E-state index contributed by atoms with van der Waals surface area (Å²) in [5, 5.41) is 0.452. The van der Waals surface area contributed by atoms with E-state index >= 15 is 0 Å². The minimum atomic E-state index is -0.644. The van der Waals surface area contributed by atoms with E-state index in [1.54, 1.807) is 11.8 Å². The third-order valence-electron chi connectivity index (χ3n) is 4.02. The molecule has 1 fully saturated rings. The van der Waals surface area contributed by atoms with Crippen molar-refractivity contribution in [3.05, 3.63) is 28.7 Å². The number of thioether (sulfide) groups is 2. The molecule has 2 atom stereocenters. The van der Waals surface area contributed by atoms with E-state index in [0.29, 0.717) is 22.4 Å². The first-order valence-corrected chi connectivity index (χ1v) is 10.7. The number of rotatable bonds is 4. The molecule has 1 aromatic rings. The van der Waals surface area contributed by atoms with Gasteiger partial charge in [0.25, 0.3) is 0 Å². The summed E-state index contributed by atoms with van der Waals surface area (Å²) < 4.78 is 5.55. The Hall–Kier alpha value is -1.58. The molecule has 0 radical (unpaired) electrons. The number of hydrogen-bond donors (Lipinski definition) is 1. The first kappa shape index (κ1) is 20.2. The lowest BCUT2D eigenvalue weighted by molar-refractivity contribution is -0.157. The van der Waals surface area contributed by atoms with Crippen LogP contribution in [0.5, 0.6) is 0 Å². The van der Waals surface area contributed by atoms with E-state index < -0.39 is 17.6 Å². The molecule has 2 aliphatic heterocycles. The molecule has 0 aromatic carbocycles. The van der Waals surface area contributed by atoms with Crippen molar-refractivity contribution in [1.82, 2.24) is 14.9 Å². The van der Waals surface area contributed by atoms with Gasteiger partial charge in [0.2, 0.25) is 5.91 Å². The van der Waals surface area contributed by atoms with Crippen LogP contribution in [0, 0.1) is 13.8 Å². The number of carbonyl (C=O) groups excluding carboxylic acids is 2. The number of fused-ring (bicyclic) bond motifs is 1. The van der Waals surface area contributed by atoms with Gasteiger partial charge in [-0.25, -0.2) is 14.8 Å². The smallest absolute Gasteiger partial charge is 0.355 e. The van der Waals surface area contributed by atoms with Crippen LogP contribution >= 0.6 is 23.5 Å². The molecule has 27 heavy (non-hydrogen) atoms. The number of aryl methyl sites for hydroxylation is 2. The molecule has 0 spiro atoms. The quantitative estimate of drug-likeness (QED) is 0.350. The van der Waals surface area contributed by atoms with E-state index in [2.05, 4.69) is 9.97 Å². The third kappa shape index (κ3) is 4.30. The molecule has 0 saturated carbocycles. The van der Waals surface area contributed by atoms with Gasteiger partial charge >= 0.3 is 5.97 Å². The average molecular weight is 409 g/mol. The summed E-state index contributed by atoms with van der Waals surface area (Å²) in [7, 11) is 0. The van der Waals surface area contributed by atoms with Crippen molar-refractivity contribution < 1.29 is 14.3 Å². The summed E-state index contributed by atoms with van der Waals surface area (Å²) in [5.74, 6) is 0.410. The van der Waals surface area contributed by atoms with Gasteiger partial charge in [0, 0.05) is 22.9 Å². The number of nitrogens with zero attached hydrogens (tertiary/aromatic N) is 3. The highest BCUT2D eigenvalue weighted by Crippen LogP contribution is 2.41. The molecule has 2 N–H and O–H groups in total.